The molecule has 0 saturated carbocycles. The number of rotatable bonds is 5. The topological polar surface area (TPSA) is 71.1 Å². The molecule has 2 atom stereocenters. The second kappa shape index (κ2) is 7.49. The molecule has 0 aliphatic carbocycles. The van der Waals surface area contributed by atoms with Gasteiger partial charge in [-0.3, -0.25) is 9.59 Å². The Labute approximate surface area is 141 Å². The summed E-state index contributed by atoms with van der Waals surface area (Å²) in [5, 5.41) is 0. The van der Waals surface area contributed by atoms with Crippen LogP contribution in [0.4, 0.5) is 0 Å². The van der Waals surface area contributed by atoms with Gasteiger partial charge in [0.25, 0.3) is 0 Å². The standard InChI is InChI=1S/C18H22O6/c1-18(2,3)17(20)22-11-15-14(19)9-10-16(24-15)23-13-7-5-12(21-4)6-8-13/h5-10,15-16H,11H2,1-4H3/t15-,16+/m1/s1. The van der Waals surface area contributed by atoms with E-state index in [9.17, 15) is 9.59 Å². The normalized spacial score (nSPS) is 20.6. The highest BCUT2D eigenvalue weighted by atomic mass is 16.7. The lowest BCUT2D eigenvalue weighted by Gasteiger charge is -2.26. The number of esters is 1. The summed E-state index contributed by atoms with van der Waals surface area (Å²) in [4.78, 5) is 23.7. The molecule has 1 heterocycles. The molecule has 0 fully saturated rings. The van der Waals surface area contributed by atoms with Crippen LogP contribution in [-0.4, -0.2) is 37.9 Å². The van der Waals surface area contributed by atoms with Crippen molar-refractivity contribution in [1.29, 1.82) is 0 Å². The first kappa shape index (κ1) is 18.0. The van der Waals surface area contributed by atoms with Crippen molar-refractivity contribution in [2.45, 2.75) is 33.2 Å². The Morgan fingerprint density at radius 1 is 1.17 bits per heavy atom. The average molecular weight is 334 g/mol. The van der Waals surface area contributed by atoms with Crippen LogP contribution in [-0.2, 0) is 19.1 Å². The Bertz CT molecular complexity index is 611. The minimum absolute atomic E-state index is 0.137. The Hall–Kier alpha value is -2.34. The third kappa shape index (κ3) is 4.83. The Kier molecular flexibility index (Phi) is 5.62. The van der Waals surface area contributed by atoms with Gasteiger partial charge < -0.3 is 18.9 Å². The molecule has 1 aliphatic rings. The van der Waals surface area contributed by atoms with Crippen LogP contribution >= 0.6 is 0 Å². The van der Waals surface area contributed by atoms with E-state index in [1.807, 2.05) is 0 Å². The van der Waals surface area contributed by atoms with Gasteiger partial charge in [0.15, 0.2) is 11.9 Å². The van der Waals surface area contributed by atoms with Crippen molar-refractivity contribution in [3.8, 4) is 11.5 Å². The fourth-order valence-electron chi connectivity index (χ4n) is 1.90. The minimum Gasteiger partial charge on any atom is -0.497 e. The summed E-state index contributed by atoms with van der Waals surface area (Å²) in [5.41, 5.74) is -0.632. The van der Waals surface area contributed by atoms with E-state index in [1.54, 1.807) is 52.1 Å². The van der Waals surface area contributed by atoms with Crippen molar-refractivity contribution in [3.05, 3.63) is 36.4 Å². The third-order valence-electron chi connectivity index (χ3n) is 3.32. The summed E-state index contributed by atoms with van der Waals surface area (Å²) in [6, 6.07) is 6.99. The molecule has 0 spiro atoms. The summed E-state index contributed by atoms with van der Waals surface area (Å²) in [5.74, 6) is 0.641. The molecule has 1 aromatic carbocycles. The molecule has 0 N–H and O–H groups in total. The first-order valence-corrected chi connectivity index (χ1v) is 7.65. The molecular weight excluding hydrogens is 312 g/mol. The highest BCUT2D eigenvalue weighted by molar-refractivity contribution is 5.94. The van der Waals surface area contributed by atoms with Crippen molar-refractivity contribution >= 4 is 11.8 Å². The van der Waals surface area contributed by atoms with Gasteiger partial charge in [0, 0.05) is 0 Å². The molecule has 0 amide bonds. The van der Waals surface area contributed by atoms with Gasteiger partial charge in [0.2, 0.25) is 6.29 Å². The van der Waals surface area contributed by atoms with Crippen LogP contribution in [0.3, 0.4) is 0 Å². The lowest BCUT2D eigenvalue weighted by molar-refractivity contribution is -0.167. The molecule has 6 heteroatoms. The molecule has 1 aliphatic heterocycles. The van der Waals surface area contributed by atoms with Crippen molar-refractivity contribution in [2.75, 3.05) is 13.7 Å². The van der Waals surface area contributed by atoms with Gasteiger partial charge in [-0.25, -0.2) is 0 Å². The van der Waals surface area contributed by atoms with E-state index < -0.39 is 17.8 Å². The van der Waals surface area contributed by atoms with E-state index in [-0.39, 0.29) is 18.4 Å². The highest BCUT2D eigenvalue weighted by Gasteiger charge is 2.30. The number of methoxy groups -OCH3 is 1. The molecule has 24 heavy (non-hydrogen) atoms. The van der Waals surface area contributed by atoms with Crippen LogP contribution in [0.1, 0.15) is 20.8 Å². The fraction of sp³-hybridized carbons (Fsp3) is 0.444. The smallest absolute Gasteiger partial charge is 0.311 e. The predicted octanol–water partition coefficient (Wildman–Crippen LogP) is 2.51. The number of ether oxygens (including phenoxy) is 4. The molecule has 0 unspecified atom stereocenters. The Morgan fingerprint density at radius 3 is 2.38 bits per heavy atom. The summed E-state index contributed by atoms with van der Waals surface area (Å²) in [6.07, 6.45) is 1.31. The zero-order valence-corrected chi connectivity index (χ0v) is 14.3. The molecule has 0 radical (unpaired) electrons. The van der Waals surface area contributed by atoms with E-state index in [1.165, 1.54) is 12.2 Å². The molecule has 0 bridgehead atoms. The summed E-state index contributed by atoms with van der Waals surface area (Å²) < 4.78 is 21.4. The molecule has 2 rings (SSSR count). The van der Waals surface area contributed by atoms with Gasteiger partial charge in [-0.2, -0.15) is 0 Å². The first-order chi connectivity index (χ1) is 11.3. The number of carbonyl (C=O) groups is 2. The van der Waals surface area contributed by atoms with Crippen LogP contribution in [0.25, 0.3) is 0 Å². The van der Waals surface area contributed by atoms with Gasteiger partial charge >= 0.3 is 5.97 Å². The first-order valence-electron chi connectivity index (χ1n) is 7.65. The molecule has 1 aromatic rings. The minimum atomic E-state index is -0.871. The van der Waals surface area contributed by atoms with Gasteiger partial charge in [0.05, 0.1) is 12.5 Å². The number of benzene rings is 1. The lowest BCUT2D eigenvalue weighted by Crippen LogP contribution is -2.39. The third-order valence-corrected chi connectivity index (χ3v) is 3.32. The second-order valence-corrected chi connectivity index (χ2v) is 6.40. The number of ketones is 1. The largest absolute Gasteiger partial charge is 0.497 e. The van der Waals surface area contributed by atoms with Crippen LogP contribution in [0.15, 0.2) is 36.4 Å². The zero-order chi connectivity index (χ0) is 17.7. The fourth-order valence-corrected chi connectivity index (χ4v) is 1.90. The van der Waals surface area contributed by atoms with Gasteiger partial charge in [-0.1, -0.05) is 0 Å². The van der Waals surface area contributed by atoms with Crippen molar-refractivity contribution in [2.24, 2.45) is 5.41 Å². The Balaban J connectivity index is 1.93. The van der Waals surface area contributed by atoms with Gasteiger partial charge in [-0.05, 0) is 57.2 Å². The van der Waals surface area contributed by atoms with E-state index in [2.05, 4.69) is 0 Å². The van der Waals surface area contributed by atoms with E-state index >= 15 is 0 Å². The maximum absolute atomic E-state index is 11.9. The summed E-state index contributed by atoms with van der Waals surface area (Å²) >= 11 is 0. The van der Waals surface area contributed by atoms with Crippen LogP contribution in [0, 0.1) is 5.41 Å². The summed E-state index contributed by atoms with van der Waals surface area (Å²) in [7, 11) is 1.58. The SMILES string of the molecule is COc1ccc(O[C@@H]2C=CC(=O)[C@@H](COC(=O)C(C)(C)C)O2)cc1. The molecule has 0 aromatic heterocycles. The van der Waals surface area contributed by atoms with Crippen molar-refractivity contribution in [1.82, 2.24) is 0 Å². The van der Waals surface area contributed by atoms with Gasteiger partial charge in [-0.15, -0.1) is 0 Å². The van der Waals surface area contributed by atoms with Crippen molar-refractivity contribution in [3.63, 3.8) is 0 Å². The average Bonchev–Trinajstić information content (AvgIpc) is 2.54. The predicted molar refractivity (Wildman–Crippen MR) is 86.8 cm³/mol. The molecule has 130 valence electrons. The lowest BCUT2D eigenvalue weighted by atomic mass is 9.97. The molecule has 6 nitrogen and oxygen atoms in total. The van der Waals surface area contributed by atoms with Crippen LogP contribution in [0.2, 0.25) is 0 Å². The maximum atomic E-state index is 11.9. The highest BCUT2D eigenvalue weighted by Crippen LogP contribution is 2.21. The maximum Gasteiger partial charge on any atom is 0.311 e. The van der Waals surface area contributed by atoms with Gasteiger partial charge in [0.1, 0.15) is 18.1 Å². The zero-order valence-electron chi connectivity index (χ0n) is 14.3. The quantitative estimate of drug-likeness (QED) is 0.771. The molecule has 0 saturated heterocycles. The second-order valence-electron chi connectivity index (χ2n) is 6.40. The number of hydrogen-bond donors (Lipinski definition) is 0. The van der Waals surface area contributed by atoms with Crippen LogP contribution in [0.5, 0.6) is 11.5 Å². The summed E-state index contributed by atoms with van der Waals surface area (Å²) in [6.45, 7) is 5.10. The Morgan fingerprint density at radius 2 is 1.79 bits per heavy atom. The molecular formula is C18H22O6. The number of carbonyl (C=O) groups excluding carboxylic acids is 2. The monoisotopic (exact) mass is 334 g/mol. The van der Waals surface area contributed by atoms with E-state index in [0.29, 0.717) is 11.5 Å². The van der Waals surface area contributed by atoms with E-state index in [4.69, 9.17) is 18.9 Å². The number of hydrogen-bond acceptors (Lipinski definition) is 6. The van der Waals surface area contributed by atoms with E-state index in [0.717, 1.165) is 0 Å². The van der Waals surface area contributed by atoms with Crippen molar-refractivity contribution < 1.29 is 28.5 Å². The van der Waals surface area contributed by atoms with Crippen LogP contribution < -0.4 is 9.47 Å².